The van der Waals surface area contributed by atoms with Gasteiger partial charge in [-0.15, -0.1) is 0 Å². The monoisotopic (exact) mass is 324 g/mol. The van der Waals surface area contributed by atoms with Crippen molar-refractivity contribution in [2.75, 3.05) is 0 Å². The van der Waals surface area contributed by atoms with Crippen molar-refractivity contribution in [1.29, 1.82) is 0 Å². The zero-order valence-corrected chi connectivity index (χ0v) is 11.8. The molecule has 3 aromatic carbocycles. The second-order valence-electron chi connectivity index (χ2n) is 3.91. The smallest absolute Gasteiger partial charge is 0.0412 e. The molecule has 0 heterocycles. The van der Waals surface area contributed by atoms with Crippen LogP contribution >= 0.6 is 39.1 Å². The molecule has 17 heavy (non-hydrogen) atoms. The predicted octanol–water partition coefficient (Wildman–Crippen LogP) is 6.06. The molecule has 0 unspecified atom stereocenters. The Morgan fingerprint density at radius 1 is 0.706 bits per heavy atom. The Labute approximate surface area is 117 Å². The van der Waals surface area contributed by atoms with Crippen molar-refractivity contribution in [2.45, 2.75) is 0 Å². The van der Waals surface area contributed by atoms with Crippen molar-refractivity contribution in [3.8, 4) is 0 Å². The first kappa shape index (κ1) is 11.3. The van der Waals surface area contributed by atoms with Crippen LogP contribution in [0.5, 0.6) is 0 Å². The highest BCUT2D eigenvalue weighted by atomic mass is 79.9. The van der Waals surface area contributed by atoms with Crippen LogP contribution in [-0.4, -0.2) is 0 Å². The third-order valence-corrected chi connectivity index (χ3v) is 3.95. The molecule has 0 fully saturated rings. The summed E-state index contributed by atoms with van der Waals surface area (Å²) in [4.78, 5) is 0. The van der Waals surface area contributed by atoms with E-state index in [0.717, 1.165) is 36.1 Å². The molecule has 0 aromatic heterocycles. The van der Waals surface area contributed by atoms with Crippen LogP contribution < -0.4 is 0 Å². The molecule has 3 heteroatoms. The molecule has 0 saturated heterocycles. The third-order valence-electron chi connectivity index (χ3n) is 2.83. The molecule has 3 rings (SSSR count). The SMILES string of the molecule is Clc1ccc2cc(Br)c3ccc(Cl)cc3c2c1. The number of hydrogen-bond acceptors (Lipinski definition) is 0. The minimum absolute atomic E-state index is 0.733. The lowest BCUT2D eigenvalue weighted by molar-refractivity contribution is 1.73. The maximum atomic E-state index is 6.06. The second kappa shape index (κ2) is 4.16. The van der Waals surface area contributed by atoms with E-state index in [4.69, 9.17) is 23.2 Å². The Hall–Kier alpha value is -0.760. The molecule has 0 N–H and O–H groups in total. The summed E-state index contributed by atoms with van der Waals surface area (Å²) in [5.41, 5.74) is 0. The Kier molecular flexibility index (Phi) is 2.78. The molecule has 0 spiro atoms. The highest BCUT2D eigenvalue weighted by Crippen LogP contribution is 2.34. The lowest BCUT2D eigenvalue weighted by atomic mass is 10.0. The summed E-state index contributed by atoms with van der Waals surface area (Å²) in [6.45, 7) is 0. The van der Waals surface area contributed by atoms with Gasteiger partial charge in [-0.05, 0) is 51.9 Å². The largest absolute Gasteiger partial charge is 0.0843 e. The van der Waals surface area contributed by atoms with Gasteiger partial charge in [0.05, 0.1) is 0 Å². The van der Waals surface area contributed by atoms with Gasteiger partial charge in [-0.25, -0.2) is 0 Å². The molecule has 0 amide bonds. The standard InChI is InChI=1S/C14H7BrCl2/c15-14-5-8-1-2-9(16)6-12(8)13-7-10(17)3-4-11(13)14/h1-7H. The highest BCUT2D eigenvalue weighted by molar-refractivity contribution is 9.10. The van der Waals surface area contributed by atoms with Crippen molar-refractivity contribution < 1.29 is 0 Å². The summed E-state index contributed by atoms with van der Waals surface area (Å²) >= 11 is 15.7. The van der Waals surface area contributed by atoms with E-state index >= 15 is 0 Å². The number of benzene rings is 3. The molecule has 0 nitrogen and oxygen atoms in total. The fraction of sp³-hybridized carbons (Fsp3) is 0. The molecular weight excluding hydrogens is 319 g/mol. The third kappa shape index (κ3) is 1.93. The van der Waals surface area contributed by atoms with Gasteiger partial charge in [-0.3, -0.25) is 0 Å². The molecular formula is C14H7BrCl2. The van der Waals surface area contributed by atoms with Crippen molar-refractivity contribution in [2.24, 2.45) is 0 Å². The van der Waals surface area contributed by atoms with Gasteiger partial charge in [0.25, 0.3) is 0 Å². The van der Waals surface area contributed by atoms with Crippen LogP contribution in [0.2, 0.25) is 10.0 Å². The van der Waals surface area contributed by atoms with E-state index in [1.807, 2.05) is 36.4 Å². The minimum Gasteiger partial charge on any atom is -0.0843 e. The summed E-state index contributed by atoms with van der Waals surface area (Å²) < 4.78 is 1.07. The van der Waals surface area contributed by atoms with Crippen molar-refractivity contribution in [3.63, 3.8) is 0 Å². The number of hydrogen-bond donors (Lipinski definition) is 0. The Morgan fingerprint density at radius 3 is 2.12 bits per heavy atom. The van der Waals surface area contributed by atoms with Crippen LogP contribution in [0.15, 0.2) is 46.9 Å². The Morgan fingerprint density at radius 2 is 1.35 bits per heavy atom. The van der Waals surface area contributed by atoms with E-state index in [1.165, 1.54) is 0 Å². The van der Waals surface area contributed by atoms with Gasteiger partial charge in [0.2, 0.25) is 0 Å². The van der Waals surface area contributed by atoms with Gasteiger partial charge >= 0.3 is 0 Å². The summed E-state index contributed by atoms with van der Waals surface area (Å²) in [6.07, 6.45) is 0. The zero-order chi connectivity index (χ0) is 12.0. The highest BCUT2D eigenvalue weighted by Gasteiger charge is 2.06. The summed E-state index contributed by atoms with van der Waals surface area (Å²) in [5, 5.41) is 6.00. The lowest BCUT2D eigenvalue weighted by Gasteiger charge is -2.07. The van der Waals surface area contributed by atoms with Crippen LogP contribution in [0.3, 0.4) is 0 Å². The zero-order valence-electron chi connectivity index (χ0n) is 8.68. The van der Waals surface area contributed by atoms with Gasteiger partial charge in [-0.1, -0.05) is 51.3 Å². The first-order valence-electron chi connectivity index (χ1n) is 5.12. The van der Waals surface area contributed by atoms with Crippen LogP contribution in [-0.2, 0) is 0 Å². The molecule has 84 valence electrons. The lowest BCUT2D eigenvalue weighted by Crippen LogP contribution is -1.80. The summed E-state index contributed by atoms with van der Waals surface area (Å²) in [6, 6.07) is 13.9. The van der Waals surface area contributed by atoms with Gasteiger partial charge in [-0.2, -0.15) is 0 Å². The van der Waals surface area contributed by atoms with Crippen molar-refractivity contribution in [1.82, 2.24) is 0 Å². The van der Waals surface area contributed by atoms with E-state index < -0.39 is 0 Å². The number of halogens is 3. The Bertz CT molecular complexity index is 735. The maximum Gasteiger partial charge on any atom is 0.0412 e. The second-order valence-corrected chi connectivity index (χ2v) is 5.64. The number of fused-ring (bicyclic) bond motifs is 3. The molecule has 0 bridgehead atoms. The fourth-order valence-electron chi connectivity index (χ4n) is 2.05. The normalized spacial score (nSPS) is 11.2. The van der Waals surface area contributed by atoms with Gasteiger partial charge < -0.3 is 0 Å². The quantitative estimate of drug-likeness (QED) is 0.440. The molecule has 0 atom stereocenters. The first-order valence-corrected chi connectivity index (χ1v) is 6.67. The van der Waals surface area contributed by atoms with Crippen molar-refractivity contribution in [3.05, 3.63) is 57.0 Å². The van der Waals surface area contributed by atoms with E-state index in [2.05, 4.69) is 22.0 Å². The van der Waals surface area contributed by atoms with E-state index in [-0.39, 0.29) is 0 Å². The predicted molar refractivity (Wildman–Crippen MR) is 79.2 cm³/mol. The minimum atomic E-state index is 0.733. The average Bonchev–Trinajstić information content (AvgIpc) is 2.30. The summed E-state index contributed by atoms with van der Waals surface area (Å²) in [5.74, 6) is 0. The van der Waals surface area contributed by atoms with Gasteiger partial charge in [0.15, 0.2) is 0 Å². The number of rotatable bonds is 0. The van der Waals surface area contributed by atoms with E-state index in [1.54, 1.807) is 0 Å². The van der Waals surface area contributed by atoms with Crippen molar-refractivity contribution >= 4 is 60.7 Å². The molecule has 0 aliphatic heterocycles. The van der Waals surface area contributed by atoms with Gasteiger partial charge in [0, 0.05) is 14.5 Å². The molecule has 0 aliphatic rings. The maximum absolute atomic E-state index is 6.06. The molecule has 0 saturated carbocycles. The van der Waals surface area contributed by atoms with E-state index in [9.17, 15) is 0 Å². The van der Waals surface area contributed by atoms with Crippen LogP contribution in [0.1, 0.15) is 0 Å². The molecule has 0 radical (unpaired) electrons. The van der Waals surface area contributed by atoms with Gasteiger partial charge in [0.1, 0.15) is 0 Å². The van der Waals surface area contributed by atoms with Crippen LogP contribution in [0, 0.1) is 0 Å². The first-order chi connectivity index (χ1) is 8.15. The topological polar surface area (TPSA) is 0 Å². The molecule has 0 aliphatic carbocycles. The molecule has 3 aromatic rings. The average molecular weight is 326 g/mol. The fourth-order valence-corrected chi connectivity index (χ4v) is 2.99. The Balaban J connectivity index is 2.59. The van der Waals surface area contributed by atoms with Crippen LogP contribution in [0.4, 0.5) is 0 Å². The summed E-state index contributed by atoms with van der Waals surface area (Å²) in [7, 11) is 0. The van der Waals surface area contributed by atoms with Crippen LogP contribution in [0.25, 0.3) is 21.5 Å². The van der Waals surface area contributed by atoms with E-state index in [0.29, 0.717) is 0 Å².